The number of aliphatic hydroxyl groups excluding tert-OH is 2. The zero-order chi connectivity index (χ0) is 31.9. The second-order valence-electron chi connectivity index (χ2n) is 10.1. The molecule has 1 atom stereocenters. The molecule has 3 aromatic rings. The van der Waals surface area contributed by atoms with Gasteiger partial charge in [-0.15, -0.1) is 0 Å². The Morgan fingerprint density at radius 3 is 2.39 bits per heavy atom. The Morgan fingerprint density at radius 1 is 1.00 bits per heavy atom. The first kappa shape index (κ1) is 32.2. The number of anilines is 3. The molecule has 1 heterocycles. The van der Waals surface area contributed by atoms with Gasteiger partial charge in [0.05, 0.1) is 30.7 Å². The fourth-order valence-electron chi connectivity index (χ4n) is 4.48. The standard InChI is InChI=1S/C31H33F3N4O6/c1-19-3-10-28(43-2)27(15-19)36-29(41)35-22-6-4-20(5-7-22)21-11-13-38(14-12-21)30(42)37-26-9-8-24(44-18-23(40)17-39)16-25(26)31(32,33)34/h3-11,15-16,23,39-40H,12-14,17-18H2,1-2H3,(H,37,42)(H2,35,36,41). The Kier molecular flexibility index (Phi) is 10.3. The summed E-state index contributed by atoms with van der Waals surface area (Å²) < 4.78 is 51.6. The number of carbonyl (C=O) groups excluding carboxylic acids is 2. The summed E-state index contributed by atoms with van der Waals surface area (Å²) in [5.41, 5.74) is 2.38. The first-order chi connectivity index (χ1) is 21.0. The van der Waals surface area contributed by atoms with Crippen molar-refractivity contribution in [3.05, 3.63) is 83.4 Å². The zero-order valence-corrected chi connectivity index (χ0v) is 24.1. The SMILES string of the molecule is COc1ccc(C)cc1NC(=O)Nc1ccc(C2=CCN(C(=O)Nc3ccc(OCC(O)CO)cc3C(F)(F)F)CC2)cc1. The lowest BCUT2D eigenvalue weighted by Gasteiger charge is -2.27. The number of carbonyl (C=O) groups is 2. The van der Waals surface area contributed by atoms with Crippen molar-refractivity contribution >= 4 is 34.7 Å². The van der Waals surface area contributed by atoms with E-state index in [0.717, 1.165) is 28.8 Å². The van der Waals surface area contributed by atoms with Crippen molar-refractivity contribution < 1.29 is 42.4 Å². The third-order valence-corrected chi connectivity index (χ3v) is 6.80. The fraction of sp³-hybridized carbons (Fsp3) is 0.290. The first-order valence-electron chi connectivity index (χ1n) is 13.7. The number of nitrogens with zero attached hydrogens (tertiary/aromatic N) is 1. The molecular weight excluding hydrogens is 581 g/mol. The van der Waals surface area contributed by atoms with Crippen LogP contribution in [0.15, 0.2) is 66.7 Å². The number of hydrogen-bond donors (Lipinski definition) is 5. The average molecular weight is 615 g/mol. The van der Waals surface area contributed by atoms with E-state index in [4.69, 9.17) is 14.6 Å². The van der Waals surface area contributed by atoms with Crippen LogP contribution in [0.2, 0.25) is 0 Å². The number of methoxy groups -OCH3 is 1. The second kappa shape index (κ2) is 14.1. The molecule has 4 amide bonds. The number of halogens is 3. The van der Waals surface area contributed by atoms with Crippen LogP contribution in [0.25, 0.3) is 5.57 Å². The van der Waals surface area contributed by atoms with Crippen LogP contribution in [0.5, 0.6) is 11.5 Å². The molecule has 1 aliphatic rings. The molecule has 13 heteroatoms. The monoisotopic (exact) mass is 614 g/mol. The summed E-state index contributed by atoms with van der Waals surface area (Å²) in [7, 11) is 1.52. The molecule has 5 N–H and O–H groups in total. The van der Waals surface area contributed by atoms with Crippen LogP contribution in [0.3, 0.4) is 0 Å². The Bertz CT molecular complexity index is 1510. The van der Waals surface area contributed by atoms with Crippen molar-refractivity contribution in [2.24, 2.45) is 0 Å². The molecule has 0 fully saturated rings. The molecule has 0 saturated heterocycles. The minimum Gasteiger partial charge on any atom is -0.495 e. The average Bonchev–Trinajstić information content (AvgIpc) is 3.00. The molecule has 1 aliphatic heterocycles. The van der Waals surface area contributed by atoms with Crippen molar-refractivity contribution in [2.75, 3.05) is 49.4 Å². The number of ether oxygens (including phenoxy) is 2. The van der Waals surface area contributed by atoms with E-state index < -0.39 is 42.2 Å². The molecule has 0 aromatic heterocycles. The van der Waals surface area contributed by atoms with Crippen LogP contribution >= 0.6 is 0 Å². The molecule has 4 rings (SSSR count). The van der Waals surface area contributed by atoms with Gasteiger partial charge in [-0.3, -0.25) is 0 Å². The molecular formula is C31H33F3N4O6. The van der Waals surface area contributed by atoms with Crippen LogP contribution < -0.4 is 25.4 Å². The van der Waals surface area contributed by atoms with E-state index >= 15 is 0 Å². The molecule has 3 aromatic carbocycles. The summed E-state index contributed by atoms with van der Waals surface area (Å²) in [6, 6.07) is 14.6. The van der Waals surface area contributed by atoms with Crippen molar-refractivity contribution in [2.45, 2.75) is 25.6 Å². The number of hydrogen-bond acceptors (Lipinski definition) is 6. The highest BCUT2D eigenvalue weighted by molar-refractivity contribution is 6.00. The molecule has 0 spiro atoms. The van der Waals surface area contributed by atoms with E-state index in [1.165, 1.54) is 18.1 Å². The largest absolute Gasteiger partial charge is 0.495 e. The van der Waals surface area contributed by atoms with Crippen LogP contribution in [0, 0.1) is 6.92 Å². The molecule has 0 radical (unpaired) electrons. The van der Waals surface area contributed by atoms with Crippen LogP contribution in [0.4, 0.5) is 39.8 Å². The van der Waals surface area contributed by atoms with Crippen LogP contribution in [-0.2, 0) is 6.18 Å². The van der Waals surface area contributed by atoms with E-state index in [2.05, 4.69) is 16.0 Å². The van der Waals surface area contributed by atoms with Gasteiger partial charge in [-0.1, -0.05) is 24.3 Å². The normalized spacial score (nSPS) is 13.9. The Labute approximate surface area is 252 Å². The predicted molar refractivity (Wildman–Crippen MR) is 160 cm³/mol. The van der Waals surface area contributed by atoms with Crippen molar-refractivity contribution in [3.63, 3.8) is 0 Å². The van der Waals surface area contributed by atoms with Gasteiger partial charge in [-0.2, -0.15) is 13.2 Å². The number of alkyl halides is 3. The number of amides is 4. The number of aliphatic hydroxyl groups is 2. The van der Waals surface area contributed by atoms with Gasteiger partial charge in [0.2, 0.25) is 0 Å². The van der Waals surface area contributed by atoms with E-state index in [-0.39, 0.29) is 25.4 Å². The molecule has 234 valence electrons. The van der Waals surface area contributed by atoms with E-state index in [1.54, 1.807) is 24.3 Å². The summed E-state index contributed by atoms with van der Waals surface area (Å²) >= 11 is 0. The minimum atomic E-state index is -4.78. The fourth-order valence-corrected chi connectivity index (χ4v) is 4.48. The lowest BCUT2D eigenvalue weighted by molar-refractivity contribution is -0.137. The summed E-state index contributed by atoms with van der Waals surface area (Å²) in [5, 5.41) is 26.1. The van der Waals surface area contributed by atoms with Crippen LogP contribution in [-0.4, -0.2) is 66.7 Å². The summed E-state index contributed by atoms with van der Waals surface area (Å²) in [5.74, 6) is 0.370. The van der Waals surface area contributed by atoms with E-state index in [1.807, 2.05) is 31.2 Å². The predicted octanol–water partition coefficient (Wildman–Crippen LogP) is 5.72. The van der Waals surface area contributed by atoms with Crippen molar-refractivity contribution in [1.29, 1.82) is 0 Å². The van der Waals surface area contributed by atoms with Gasteiger partial charge in [0.25, 0.3) is 0 Å². The van der Waals surface area contributed by atoms with E-state index in [0.29, 0.717) is 23.5 Å². The summed E-state index contributed by atoms with van der Waals surface area (Å²) in [6.45, 7) is 1.38. The van der Waals surface area contributed by atoms with Gasteiger partial charge in [0, 0.05) is 18.8 Å². The van der Waals surface area contributed by atoms with Gasteiger partial charge in [0.15, 0.2) is 0 Å². The van der Waals surface area contributed by atoms with Gasteiger partial charge < -0.3 is 40.5 Å². The molecule has 44 heavy (non-hydrogen) atoms. The highest BCUT2D eigenvalue weighted by Crippen LogP contribution is 2.37. The Morgan fingerprint density at radius 2 is 1.75 bits per heavy atom. The van der Waals surface area contributed by atoms with Gasteiger partial charge >= 0.3 is 18.2 Å². The summed E-state index contributed by atoms with van der Waals surface area (Å²) in [4.78, 5) is 26.8. The molecule has 0 aliphatic carbocycles. The Hall–Kier alpha value is -4.75. The number of aryl methyl sites for hydroxylation is 1. The second-order valence-corrected chi connectivity index (χ2v) is 10.1. The molecule has 0 bridgehead atoms. The van der Waals surface area contributed by atoms with Crippen molar-refractivity contribution in [1.82, 2.24) is 4.90 Å². The lowest BCUT2D eigenvalue weighted by Crippen LogP contribution is -2.38. The van der Waals surface area contributed by atoms with Gasteiger partial charge in [-0.25, -0.2) is 9.59 Å². The van der Waals surface area contributed by atoms with Crippen LogP contribution in [0.1, 0.15) is 23.1 Å². The maximum absolute atomic E-state index is 13.7. The number of nitrogens with one attached hydrogen (secondary N) is 3. The minimum absolute atomic E-state index is 0.165. The Balaban J connectivity index is 1.35. The maximum Gasteiger partial charge on any atom is 0.418 e. The molecule has 1 unspecified atom stereocenters. The van der Waals surface area contributed by atoms with Gasteiger partial charge in [0.1, 0.15) is 24.2 Å². The first-order valence-corrected chi connectivity index (χ1v) is 13.7. The topological polar surface area (TPSA) is 132 Å². The highest BCUT2D eigenvalue weighted by atomic mass is 19.4. The number of rotatable bonds is 9. The third kappa shape index (κ3) is 8.42. The van der Waals surface area contributed by atoms with E-state index in [9.17, 15) is 27.9 Å². The molecule has 0 saturated carbocycles. The highest BCUT2D eigenvalue weighted by Gasteiger charge is 2.35. The zero-order valence-electron chi connectivity index (χ0n) is 24.1. The van der Waals surface area contributed by atoms with Gasteiger partial charge in [-0.05, 0) is 72.5 Å². The quantitative estimate of drug-likeness (QED) is 0.210. The smallest absolute Gasteiger partial charge is 0.418 e. The number of benzene rings is 3. The number of urea groups is 2. The van der Waals surface area contributed by atoms with Crippen molar-refractivity contribution in [3.8, 4) is 11.5 Å². The maximum atomic E-state index is 13.7. The lowest BCUT2D eigenvalue weighted by atomic mass is 9.99. The molecule has 10 nitrogen and oxygen atoms in total. The summed E-state index contributed by atoms with van der Waals surface area (Å²) in [6.07, 6.45) is -3.71. The third-order valence-electron chi connectivity index (χ3n) is 6.80.